The third kappa shape index (κ3) is 5.36. The van der Waals surface area contributed by atoms with Crippen molar-refractivity contribution in [2.45, 2.75) is 37.4 Å². The van der Waals surface area contributed by atoms with E-state index in [1.807, 2.05) is 30.3 Å². The SMILES string of the molecule is [2H]C(Nc1cc(Cl)c2ncc(C#N)c(NC(c3ccccc3)[C@H]3C[C@@H]3C#N)c2c1)(c1ccc(F)cc1)c1cn(C2CC2)nn1. The fourth-order valence-electron chi connectivity index (χ4n) is 5.51. The van der Waals surface area contributed by atoms with Gasteiger partial charge < -0.3 is 10.6 Å². The fourth-order valence-corrected chi connectivity index (χ4v) is 5.78. The maximum Gasteiger partial charge on any atom is 0.123 e. The summed E-state index contributed by atoms with van der Waals surface area (Å²) in [5, 5.41) is 36.1. The van der Waals surface area contributed by atoms with Crippen LogP contribution < -0.4 is 10.6 Å². The van der Waals surface area contributed by atoms with E-state index >= 15 is 0 Å². The number of fused-ring (bicyclic) bond motifs is 1. The van der Waals surface area contributed by atoms with E-state index in [0.29, 0.717) is 44.1 Å². The molecule has 0 amide bonds. The van der Waals surface area contributed by atoms with Crippen molar-refractivity contribution < 1.29 is 5.76 Å². The van der Waals surface area contributed by atoms with E-state index in [1.54, 1.807) is 35.1 Å². The van der Waals surface area contributed by atoms with Gasteiger partial charge in [-0.05, 0) is 54.7 Å². The minimum absolute atomic E-state index is 0.0717. The maximum atomic E-state index is 13.9. The summed E-state index contributed by atoms with van der Waals surface area (Å²) >= 11 is 6.80. The van der Waals surface area contributed by atoms with Crippen LogP contribution in [0.5, 0.6) is 0 Å². The summed E-state index contributed by atoms with van der Waals surface area (Å²) in [6, 6.07) is 22.0. The maximum absolute atomic E-state index is 13.9. The average molecular weight is 590 g/mol. The highest BCUT2D eigenvalue weighted by molar-refractivity contribution is 6.35. The van der Waals surface area contributed by atoms with Gasteiger partial charge in [0.25, 0.3) is 0 Å². The lowest BCUT2D eigenvalue weighted by Gasteiger charge is -2.23. The summed E-state index contributed by atoms with van der Waals surface area (Å²) in [6.07, 6.45) is 5.99. The van der Waals surface area contributed by atoms with Gasteiger partial charge in [0.15, 0.2) is 0 Å². The van der Waals surface area contributed by atoms with E-state index in [1.165, 1.54) is 18.3 Å². The standard InChI is InChI=1S/C33H26ClFN8/c34-28-14-24(39-32(20-6-8-23(35)9-7-20)29-18-43(42-41-29)25-10-11-25)13-27-31(22(16-37)17-38-33(27)28)40-30(26-12-21(26)15-36)19-4-2-1-3-5-19/h1-9,13-14,17-18,21,25-26,30,32,39H,10-12H2,(H,38,40)/t21-,26+,30?,32?/m1/s1/i32D. The first kappa shape index (κ1) is 25.7. The van der Waals surface area contributed by atoms with Crippen LogP contribution in [-0.4, -0.2) is 20.0 Å². The van der Waals surface area contributed by atoms with Crippen LogP contribution in [0.25, 0.3) is 10.9 Å². The molecule has 10 heteroatoms. The van der Waals surface area contributed by atoms with Crippen LogP contribution in [0.3, 0.4) is 0 Å². The Kier molecular flexibility index (Phi) is 6.58. The zero-order valence-electron chi connectivity index (χ0n) is 23.9. The van der Waals surface area contributed by atoms with Crippen molar-refractivity contribution in [2.24, 2.45) is 11.8 Å². The van der Waals surface area contributed by atoms with Crippen molar-refractivity contribution in [2.75, 3.05) is 10.6 Å². The average Bonchev–Trinajstić information content (AvgIpc) is 3.98. The first-order valence-electron chi connectivity index (χ1n) is 14.6. The highest BCUT2D eigenvalue weighted by Gasteiger charge is 2.44. The Labute approximate surface area is 254 Å². The van der Waals surface area contributed by atoms with Gasteiger partial charge in [0.2, 0.25) is 0 Å². The number of nitrogens with zero attached hydrogens (tertiary/aromatic N) is 6. The van der Waals surface area contributed by atoms with Gasteiger partial charge in [-0.2, -0.15) is 10.5 Å². The molecule has 2 aliphatic carbocycles. The van der Waals surface area contributed by atoms with Crippen molar-refractivity contribution >= 4 is 33.9 Å². The number of nitrogens with one attached hydrogen (secondary N) is 2. The second-order valence-electron chi connectivity index (χ2n) is 11.0. The molecule has 2 N–H and O–H groups in total. The summed E-state index contributed by atoms with van der Waals surface area (Å²) in [4.78, 5) is 4.49. The zero-order valence-corrected chi connectivity index (χ0v) is 23.6. The summed E-state index contributed by atoms with van der Waals surface area (Å²) in [7, 11) is 0. The molecule has 0 bridgehead atoms. The molecule has 2 aliphatic rings. The third-order valence-corrected chi connectivity index (χ3v) is 8.32. The van der Waals surface area contributed by atoms with E-state index in [0.717, 1.165) is 24.8 Å². The molecule has 8 nitrogen and oxygen atoms in total. The molecule has 2 unspecified atom stereocenters. The smallest absolute Gasteiger partial charge is 0.123 e. The molecule has 212 valence electrons. The molecule has 0 radical (unpaired) electrons. The van der Waals surface area contributed by atoms with Crippen molar-refractivity contribution in [3.8, 4) is 12.1 Å². The fraction of sp³-hybridized carbons (Fsp3) is 0.242. The third-order valence-electron chi connectivity index (χ3n) is 8.03. The van der Waals surface area contributed by atoms with Crippen LogP contribution in [0, 0.1) is 40.3 Å². The summed E-state index contributed by atoms with van der Waals surface area (Å²) in [5.41, 5.74) is 3.62. The van der Waals surface area contributed by atoms with Crippen molar-refractivity contribution in [1.82, 2.24) is 20.0 Å². The summed E-state index contributed by atoms with van der Waals surface area (Å²) in [5.74, 6) is -0.433. The Hall–Kier alpha value is -4.99. The molecule has 2 fully saturated rings. The Morgan fingerprint density at radius 2 is 1.84 bits per heavy atom. The van der Waals surface area contributed by atoms with E-state index in [2.05, 4.69) is 38.1 Å². The van der Waals surface area contributed by atoms with Crippen LogP contribution in [0.4, 0.5) is 15.8 Å². The summed E-state index contributed by atoms with van der Waals surface area (Å²) in [6.45, 7) is 0. The lowest BCUT2D eigenvalue weighted by atomic mass is 9.99. The molecular formula is C33H26ClFN8. The number of hydrogen-bond donors (Lipinski definition) is 2. The van der Waals surface area contributed by atoms with E-state index in [9.17, 15) is 16.3 Å². The molecule has 43 heavy (non-hydrogen) atoms. The predicted molar refractivity (Wildman–Crippen MR) is 162 cm³/mol. The molecule has 2 heterocycles. The van der Waals surface area contributed by atoms with E-state index in [-0.39, 0.29) is 23.9 Å². The Balaban J connectivity index is 1.33. The first-order valence-corrected chi connectivity index (χ1v) is 14.5. The van der Waals surface area contributed by atoms with Crippen LogP contribution in [0.2, 0.25) is 5.02 Å². The number of anilines is 2. The van der Waals surface area contributed by atoms with Gasteiger partial charge in [-0.15, -0.1) is 5.10 Å². The highest BCUT2D eigenvalue weighted by Crippen LogP contribution is 2.49. The largest absolute Gasteiger partial charge is 0.376 e. The molecule has 0 aliphatic heterocycles. The molecule has 2 aromatic heterocycles. The molecule has 0 saturated heterocycles. The Morgan fingerprint density at radius 1 is 1.05 bits per heavy atom. The predicted octanol–water partition coefficient (Wildman–Crippen LogP) is 7.34. The molecule has 7 rings (SSSR count). The van der Waals surface area contributed by atoms with Crippen molar-refractivity contribution in [1.29, 1.82) is 10.5 Å². The van der Waals surface area contributed by atoms with Gasteiger partial charge in [-0.1, -0.05) is 59.3 Å². The second kappa shape index (κ2) is 11.0. The minimum atomic E-state index is -1.65. The molecule has 2 saturated carbocycles. The number of rotatable bonds is 9. The first-order chi connectivity index (χ1) is 21.4. The minimum Gasteiger partial charge on any atom is -0.376 e. The molecule has 3 aromatic carbocycles. The quantitative estimate of drug-likeness (QED) is 0.185. The summed E-state index contributed by atoms with van der Waals surface area (Å²) < 4.78 is 25.3. The van der Waals surface area contributed by atoms with Gasteiger partial charge in [0.05, 0.1) is 59.4 Å². The van der Waals surface area contributed by atoms with Crippen LogP contribution in [0.15, 0.2) is 79.1 Å². The molecule has 5 aromatic rings. The second-order valence-corrected chi connectivity index (χ2v) is 11.4. The van der Waals surface area contributed by atoms with Crippen molar-refractivity contribution in [3.63, 3.8) is 0 Å². The van der Waals surface area contributed by atoms with E-state index in [4.69, 9.17) is 11.6 Å². The Morgan fingerprint density at radius 3 is 2.53 bits per heavy atom. The number of aromatic nitrogens is 4. The monoisotopic (exact) mass is 589 g/mol. The number of pyridine rings is 1. The lowest BCUT2D eigenvalue weighted by Crippen LogP contribution is -2.16. The van der Waals surface area contributed by atoms with Crippen LogP contribution in [0.1, 0.15) is 61.1 Å². The molecule has 0 spiro atoms. The number of halogens is 2. The Bertz CT molecular complexity index is 1950. The molecule has 4 atom stereocenters. The van der Waals surface area contributed by atoms with Gasteiger partial charge in [-0.25, -0.2) is 9.07 Å². The van der Waals surface area contributed by atoms with Crippen molar-refractivity contribution in [3.05, 3.63) is 112 Å². The van der Waals surface area contributed by atoms with Gasteiger partial charge in [0, 0.05) is 23.2 Å². The van der Waals surface area contributed by atoms with Crippen LogP contribution in [-0.2, 0) is 0 Å². The number of hydrogen-bond acceptors (Lipinski definition) is 7. The van der Waals surface area contributed by atoms with Gasteiger partial charge in [0.1, 0.15) is 17.6 Å². The van der Waals surface area contributed by atoms with E-state index < -0.39 is 11.8 Å². The van der Waals surface area contributed by atoms with Gasteiger partial charge in [-0.3, -0.25) is 4.98 Å². The normalized spacial score (nSPS) is 19.9. The van der Waals surface area contributed by atoms with Gasteiger partial charge >= 0.3 is 0 Å². The molecular weight excluding hydrogens is 563 g/mol. The topological polar surface area (TPSA) is 115 Å². The van der Waals surface area contributed by atoms with Crippen LogP contribution >= 0.6 is 11.6 Å². The number of benzene rings is 3. The lowest BCUT2D eigenvalue weighted by molar-refractivity contribution is 0.610. The highest BCUT2D eigenvalue weighted by atomic mass is 35.5. The number of nitriles is 2. The zero-order chi connectivity index (χ0) is 30.4.